The Morgan fingerprint density at radius 3 is 1.93 bits per heavy atom. The highest BCUT2D eigenvalue weighted by Crippen LogP contribution is 2.64. The van der Waals surface area contributed by atoms with Crippen LogP contribution >= 0.6 is 11.6 Å². The Balaban J connectivity index is 1.03. The van der Waals surface area contributed by atoms with Gasteiger partial charge in [-0.15, -0.1) is 11.6 Å². The quantitative estimate of drug-likeness (QED) is 0.529. The fourth-order valence-electron chi connectivity index (χ4n) is 9.52. The van der Waals surface area contributed by atoms with E-state index in [0.29, 0.717) is 17.3 Å². The third-order valence-electron chi connectivity index (χ3n) is 9.58. The maximum Gasteiger partial charge on any atom is 0.312 e. The average Bonchev–Trinajstić information content (AvgIpc) is 2.61. The molecule has 0 spiro atoms. The van der Waals surface area contributed by atoms with E-state index in [9.17, 15) is 9.59 Å². The van der Waals surface area contributed by atoms with Gasteiger partial charge in [0.05, 0.1) is 5.41 Å². The van der Waals surface area contributed by atoms with E-state index < -0.39 is 5.41 Å². The van der Waals surface area contributed by atoms with E-state index in [4.69, 9.17) is 16.3 Å². The average molecular weight is 420 g/mol. The van der Waals surface area contributed by atoms with Crippen LogP contribution in [0.5, 0.6) is 0 Å². The van der Waals surface area contributed by atoms with Crippen LogP contribution in [0, 0.1) is 40.4 Å². The van der Waals surface area contributed by atoms with Crippen LogP contribution < -0.4 is 5.32 Å². The van der Waals surface area contributed by atoms with Gasteiger partial charge >= 0.3 is 5.97 Å². The first-order chi connectivity index (χ1) is 13.8. The van der Waals surface area contributed by atoms with Crippen molar-refractivity contribution in [1.82, 2.24) is 5.32 Å². The van der Waals surface area contributed by atoms with Gasteiger partial charge in [0.15, 0.2) is 6.61 Å². The van der Waals surface area contributed by atoms with Crippen LogP contribution in [0.1, 0.15) is 77.0 Å². The first-order valence-electron chi connectivity index (χ1n) is 12.0. The second-order valence-corrected chi connectivity index (χ2v) is 13.0. The number of nitrogens with one attached hydrogen (secondary N) is 1. The summed E-state index contributed by atoms with van der Waals surface area (Å²) in [6.45, 7) is 0.643. The lowest BCUT2D eigenvalue weighted by molar-refractivity contribution is -0.171. The molecule has 0 aliphatic heterocycles. The predicted molar refractivity (Wildman–Crippen MR) is 110 cm³/mol. The van der Waals surface area contributed by atoms with E-state index in [-0.39, 0.29) is 23.4 Å². The number of ether oxygens (including phenoxy) is 1. The molecule has 1 amide bonds. The highest BCUT2D eigenvalue weighted by atomic mass is 35.5. The van der Waals surface area contributed by atoms with E-state index in [1.54, 1.807) is 0 Å². The molecule has 0 radical (unpaired) electrons. The van der Waals surface area contributed by atoms with Gasteiger partial charge in [0.2, 0.25) is 0 Å². The number of hydrogen-bond donors (Lipinski definition) is 1. The smallest absolute Gasteiger partial charge is 0.312 e. The highest BCUT2D eigenvalue weighted by molar-refractivity contribution is 6.24. The number of rotatable bonds is 5. The first-order valence-corrected chi connectivity index (χ1v) is 12.3. The minimum absolute atomic E-state index is 0.126. The molecule has 8 aliphatic rings. The SMILES string of the molecule is O=C(COC(=O)C12C[C@@H]3C[C@@H](CC(Cl)(C3)C1)C2)NCC12CC3CC(CC(C3)C1)C2. The molecule has 0 aromatic carbocycles. The van der Waals surface area contributed by atoms with Crippen LogP contribution in [-0.4, -0.2) is 29.9 Å². The van der Waals surface area contributed by atoms with E-state index in [2.05, 4.69) is 5.32 Å². The molecule has 29 heavy (non-hydrogen) atoms. The number of halogens is 1. The maximum absolute atomic E-state index is 13.0. The van der Waals surface area contributed by atoms with Crippen molar-refractivity contribution in [3.8, 4) is 0 Å². The topological polar surface area (TPSA) is 55.4 Å². The fourth-order valence-corrected chi connectivity index (χ4v) is 10.2. The van der Waals surface area contributed by atoms with Crippen molar-refractivity contribution in [2.24, 2.45) is 40.4 Å². The summed E-state index contributed by atoms with van der Waals surface area (Å²) >= 11 is 6.84. The van der Waals surface area contributed by atoms with Gasteiger partial charge in [-0.3, -0.25) is 9.59 Å². The zero-order chi connectivity index (χ0) is 19.9. The molecule has 2 unspecified atom stereocenters. The van der Waals surface area contributed by atoms with Crippen LogP contribution in [0.2, 0.25) is 0 Å². The second kappa shape index (κ2) is 6.37. The lowest BCUT2D eigenvalue weighted by atomic mass is 9.49. The molecular weight excluding hydrogens is 386 g/mol. The number of alkyl halides is 1. The Kier molecular flexibility index (Phi) is 4.16. The van der Waals surface area contributed by atoms with Crippen molar-refractivity contribution in [1.29, 1.82) is 0 Å². The summed E-state index contributed by atoms with van der Waals surface area (Å²) in [6.07, 6.45) is 13.9. The van der Waals surface area contributed by atoms with Crippen LogP contribution in [0.25, 0.3) is 0 Å². The van der Waals surface area contributed by atoms with Crippen molar-refractivity contribution in [2.75, 3.05) is 13.2 Å². The summed E-state index contributed by atoms with van der Waals surface area (Å²) in [5.41, 5.74) is -0.106. The number of carbonyl (C=O) groups is 2. The summed E-state index contributed by atoms with van der Waals surface area (Å²) in [4.78, 5) is 25.3. The minimum Gasteiger partial charge on any atom is -0.455 e. The van der Waals surface area contributed by atoms with Crippen molar-refractivity contribution in [3.05, 3.63) is 0 Å². The number of hydrogen-bond acceptors (Lipinski definition) is 3. The van der Waals surface area contributed by atoms with E-state index >= 15 is 0 Å². The molecule has 1 N–H and O–H groups in total. The van der Waals surface area contributed by atoms with Gasteiger partial charge in [0.25, 0.3) is 5.91 Å². The standard InChI is InChI=1S/C24H34ClNO3/c25-24-10-18-4-19(11-24)9-23(8-18,13-24)21(28)29-12-20(27)26-14-22-5-15-1-16(6-22)3-17(2-15)7-22/h15-19H,1-14H2,(H,26,27)/t15?,16?,17?,18-,19+,22?,23?,24?. The van der Waals surface area contributed by atoms with E-state index in [1.807, 2.05) is 0 Å². The summed E-state index contributed by atoms with van der Waals surface area (Å²) in [5, 5.41) is 3.13. The molecule has 8 fully saturated rings. The predicted octanol–water partition coefficient (Wildman–Crippen LogP) is 4.44. The van der Waals surface area contributed by atoms with Gasteiger partial charge < -0.3 is 10.1 Å². The zero-order valence-corrected chi connectivity index (χ0v) is 18.1. The third kappa shape index (κ3) is 3.23. The van der Waals surface area contributed by atoms with Gasteiger partial charge in [0.1, 0.15) is 0 Å². The molecule has 0 aromatic rings. The number of amides is 1. The van der Waals surface area contributed by atoms with Crippen LogP contribution in [0.15, 0.2) is 0 Å². The molecular formula is C24H34ClNO3. The Bertz CT molecular complexity index is 684. The van der Waals surface area contributed by atoms with Crippen LogP contribution in [0.4, 0.5) is 0 Å². The van der Waals surface area contributed by atoms with E-state index in [0.717, 1.165) is 56.4 Å². The monoisotopic (exact) mass is 419 g/mol. The minimum atomic E-state index is -0.425. The van der Waals surface area contributed by atoms with Crippen molar-refractivity contribution in [3.63, 3.8) is 0 Å². The maximum atomic E-state index is 13.0. The molecule has 8 saturated carbocycles. The molecule has 8 bridgehead atoms. The van der Waals surface area contributed by atoms with Gasteiger partial charge in [-0.2, -0.15) is 0 Å². The third-order valence-corrected chi connectivity index (χ3v) is 10.0. The van der Waals surface area contributed by atoms with Gasteiger partial charge in [-0.25, -0.2) is 0 Å². The van der Waals surface area contributed by atoms with E-state index in [1.165, 1.54) is 44.9 Å². The highest BCUT2D eigenvalue weighted by Gasteiger charge is 2.61. The molecule has 4 nitrogen and oxygen atoms in total. The summed E-state index contributed by atoms with van der Waals surface area (Å²) in [5.74, 6) is 3.48. The molecule has 0 heterocycles. The first kappa shape index (κ1) is 19.0. The molecule has 160 valence electrons. The van der Waals surface area contributed by atoms with Gasteiger partial charge in [0, 0.05) is 11.4 Å². The Morgan fingerprint density at radius 1 is 0.828 bits per heavy atom. The van der Waals surface area contributed by atoms with Crippen LogP contribution in [-0.2, 0) is 14.3 Å². The Labute approximate surface area is 178 Å². The largest absolute Gasteiger partial charge is 0.455 e. The molecule has 0 saturated heterocycles. The summed E-state index contributed by atoms with van der Waals surface area (Å²) in [7, 11) is 0. The fraction of sp³-hybridized carbons (Fsp3) is 0.917. The van der Waals surface area contributed by atoms with Gasteiger partial charge in [-0.05, 0) is 112 Å². The normalized spacial score (nSPS) is 51.3. The number of esters is 1. The molecule has 0 aromatic heterocycles. The lowest BCUT2D eigenvalue weighted by Crippen LogP contribution is -2.56. The Hall–Kier alpha value is -0.770. The number of carbonyl (C=O) groups excluding carboxylic acids is 2. The Morgan fingerprint density at radius 2 is 1.38 bits per heavy atom. The summed E-state index contributed by atoms with van der Waals surface area (Å²) < 4.78 is 5.60. The summed E-state index contributed by atoms with van der Waals surface area (Å²) in [6, 6.07) is 0. The molecule has 8 aliphatic carbocycles. The molecule has 5 heteroatoms. The van der Waals surface area contributed by atoms with Crippen molar-refractivity contribution in [2.45, 2.75) is 81.9 Å². The van der Waals surface area contributed by atoms with Crippen molar-refractivity contribution < 1.29 is 14.3 Å². The van der Waals surface area contributed by atoms with Crippen LogP contribution in [0.3, 0.4) is 0 Å². The second-order valence-electron chi connectivity index (χ2n) is 12.2. The van der Waals surface area contributed by atoms with Gasteiger partial charge in [-0.1, -0.05) is 0 Å². The molecule has 4 atom stereocenters. The van der Waals surface area contributed by atoms with Crippen molar-refractivity contribution >= 4 is 23.5 Å². The molecule has 8 rings (SSSR count). The zero-order valence-electron chi connectivity index (χ0n) is 17.4. The lowest BCUT2D eigenvalue weighted by Gasteiger charge is -2.58.